The van der Waals surface area contributed by atoms with Gasteiger partial charge in [-0.1, -0.05) is 12.8 Å². The molecule has 3 rings (SSSR count). The van der Waals surface area contributed by atoms with E-state index in [0.29, 0.717) is 44.7 Å². The molecule has 156 valence electrons. The molecule has 0 radical (unpaired) electrons. The molecule has 2 saturated heterocycles. The summed E-state index contributed by atoms with van der Waals surface area (Å²) in [5.41, 5.74) is 2.76. The molecule has 28 heavy (non-hydrogen) atoms. The Hall–Kier alpha value is -1.75. The molecular weight excluding hydrogens is 387 g/mol. The van der Waals surface area contributed by atoms with Crippen molar-refractivity contribution in [3.63, 3.8) is 0 Å². The van der Waals surface area contributed by atoms with Crippen LogP contribution in [0.2, 0.25) is 0 Å². The number of benzene rings is 1. The van der Waals surface area contributed by atoms with Gasteiger partial charge in [0.05, 0.1) is 6.10 Å². The quantitative estimate of drug-likeness (QED) is 0.724. The molecule has 2 heterocycles. The largest absolute Gasteiger partial charge is 0.343 e. The highest BCUT2D eigenvalue weighted by molar-refractivity contribution is 7.86. The minimum absolute atomic E-state index is 0.255. The molecule has 8 nitrogen and oxygen atoms in total. The first-order valence-electron chi connectivity index (χ1n) is 9.68. The number of amides is 2. The lowest BCUT2D eigenvalue weighted by molar-refractivity contribution is -0.0251. The number of urea groups is 1. The summed E-state index contributed by atoms with van der Waals surface area (Å²) in [5.74, 6) is -0.385. The summed E-state index contributed by atoms with van der Waals surface area (Å²) >= 11 is 0. The maximum atomic E-state index is 12.9. The van der Waals surface area contributed by atoms with E-state index in [2.05, 4.69) is 10.8 Å². The van der Waals surface area contributed by atoms with Crippen LogP contribution < -0.4 is 10.8 Å². The van der Waals surface area contributed by atoms with Gasteiger partial charge < -0.3 is 5.32 Å². The number of rotatable bonds is 5. The first-order chi connectivity index (χ1) is 13.4. The lowest BCUT2D eigenvalue weighted by atomic mass is 10.1. The van der Waals surface area contributed by atoms with Crippen molar-refractivity contribution in [3.8, 4) is 0 Å². The summed E-state index contributed by atoms with van der Waals surface area (Å²) in [6.07, 6.45) is 4.72. The number of halogens is 1. The van der Waals surface area contributed by atoms with Gasteiger partial charge in [0, 0.05) is 31.9 Å². The van der Waals surface area contributed by atoms with Crippen LogP contribution in [0, 0.1) is 5.82 Å². The van der Waals surface area contributed by atoms with Gasteiger partial charge in [0.1, 0.15) is 5.82 Å². The molecule has 1 aromatic carbocycles. The number of carbonyl (C=O) groups excluding carboxylic acids is 1. The molecule has 0 bridgehead atoms. The average molecular weight is 415 g/mol. The molecule has 0 unspecified atom stereocenters. The number of carbonyl (C=O) groups is 1. The highest BCUT2D eigenvalue weighted by Gasteiger charge is 2.33. The van der Waals surface area contributed by atoms with Crippen molar-refractivity contribution >= 4 is 21.9 Å². The number of piperidine rings is 1. The Morgan fingerprint density at radius 1 is 0.964 bits per heavy atom. The second-order valence-electron chi connectivity index (χ2n) is 7.10. The van der Waals surface area contributed by atoms with E-state index in [-0.39, 0.29) is 11.9 Å². The Bertz CT molecular complexity index is 743. The van der Waals surface area contributed by atoms with E-state index in [0.717, 1.165) is 25.7 Å². The topological polar surface area (TPSA) is 91.0 Å². The van der Waals surface area contributed by atoms with Crippen LogP contribution in [0.15, 0.2) is 24.3 Å². The van der Waals surface area contributed by atoms with Crippen LogP contribution in [-0.4, -0.2) is 55.3 Å². The van der Waals surface area contributed by atoms with Gasteiger partial charge in [-0.15, -0.1) is 0 Å². The van der Waals surface area contributed by atoms with Crippen molar-refractivity contribution in [2.45, 2.75) is 44.6 Å². The van der Waals surface area contributed by atoms with Gasteiger partial charge in [-0.05, 0) is 49.9 Å². The Morgan fingerprint density at radius 2 is 1.54 bits per heavy atom. The number of nitrogens with zero attached hydrogens (tertiary/aromatic N) is 2. The van der Waals surface area contributed by atoms with Crippen LogP contribution in [0.3, 0.4) is 0 Å². The molecule has 2 N–H and O–H groups in total. The van der Waals surface area contributed by atoms with E-state index in [1.165, 1.54) is 28.6 Å². The fourth-order valence-electron chi connectivity index (χ4n) is 3.44. The molecule has 2 aliphatic rings. The second-order valence-corrected chi connectivity index (χ2v) is 9.03. The highest BCUT2D eigenvalue weighted by Crippen LogP contribution is 2.21. The predicted octanol–water partition coefficient (Wildman–Crippen LogP) is 2.46. The zero-order valence-corrected chi connectivity index (χ0v) is 16.6. The first kappa shape index (κ1) is 21.0. The van der Waals surface area contributed by atoms with E-state index in [9.17, 15) is 17.6 Å². The summed E-state index contributed by atoms with van der Waals surface area (Å²) < 4.78 is 41.6. The first-order valence-corrected chi connectivity index (χ1v) is 11.1. The molecule has 0 aliphatic carbocycles. The van der Waals surface area contributed by atoms with Gasteiger partial charge >= 0.3 is 6.03 Å². The van der Waals surface area contributed by atoms with Gasteiger partial charge in [0.15, 0.2) is 0 Å². The van der Waals surface area contributed by atoms with E-state index < -0.39 is 16.2 Å². The molecule has 2 amide bonds. The average Bonchev–Trinajstić information content (AvgIpc) is 2.99. The lowest BCUT2D eigenvalue weighted by Crippen LogP contribution is -2.49. The number of hydrogen-bond donors (Lipinski definition) is 2. The monoisotopic (exact) mass is 414 g/mol. The molecule has 2 aliphatic heterocycles. The predicted molar refractivity (Wildman–Crippen MR) is 103 cm³/mol. The third kappa shape index (κ3) is 5.63. The third-order valence-corrected chi connectivity index (χ3v) is 7.07. The number of nitrogens with one attached hydrogen (secondary N) is 2. The Kier molecular flexibility index (Phi) is 7.22. The van der Waals surface area contributed by atoms with Crippen molar-refractivity contribution in [1.82, 2.24) is 14.1 Å². The van der Waals surface area contributed by atoms with Gasteiger partial charge in [-0.3, -0.25) is 4.84 Å². The van der Waals surface area contributed by atoms with E-state index in [4.69, 9.17) is 4.84 Å². The normalized spacial score (nSPS) is 20.5. The fraction of sp³-hybridized carbons (Fsp3) is 0.611. The van der Waals surface area contributed by atoms with Crippen molar-refractivity contribution in [2.75, 3.05) is 31.5 Å². The minimum Gasteiger partial charge on any atom is -0.306 e. The number of hydrogen-bond acceptors (Lipinski definition) is 4. The number of anilines is 1. The van der Waals surface area contributed by atoms with Gasteiger partial charge in [-0.25, -0.2) is 14.7 Å². The second kappa shape index (κ2) is 9.64. The highest BCUT2D eigenvalue weighted by atomic mass is 32.2. The zero-order valence-electron chi connectivity index (χ0n) is 15.8. The molecule has 2 fully saturated rings. The third-order valence-electron chi connectivity index (χ3n) is 5.04. The molecule has 0 atom stereocenters. The molecule has 0 saturated carbocycles. The van der Waals surface area contributed by atoms with Crippen molar-refractivity contribution in [1.29, 1.82) is 0 Å². The summed E-state index contributed by atoms with van der Waals surface area (Å²) in [6.45, 7) is 1.91. The maximum Gasteiger partial charge on any atom is 0.343 e. The minimum atomic E-state index is -3.43. The Morgan fingerprint density at radius 3 is 2.14 bits per heavy atom. The SMILES string of the molecule is O=C(NOC1CCN(S(=O)(=O)N2CCCCCC2)CC1)Nc1ccc(F)cc1. The standard InChI is InChI=1S/C18H27FN4O4S/c19-15-5-7-16(8-6-15)20-18(24)21-27-17-9-13-23(14-10-17)28(25,26)22-11-3-1-2-4-12-22/h5-8,17H,1-4,9-14H2,(H2,20,21,24). The molecule has 0 aromatic heterocycles. The molecule has 1 aromatic rings. The van der Waals surface area contributed by atoms with Crippen molar-refractivity contribution in [2.24, 2.45) is 0 Å². The van der Waals surface area contributed by atoms with Crippen LogP contribution >= 0.6 is 0 Å². The molecule has 10 heteroatoms. The zero-order chi connectivity index (χ0) is 20.0. The lowest BCUT2D eigenvalue weighted by Gasteiger charge is -2.34. The summed E-state index contributed by atoms with van der Waals surface area (Å²) in [5, 5.41) is 2.54. The van der Waals surface area contributed by atoms with Crippen LogP contribution in [-0.2, 0) is 15.0 Å². The van der Waals surface area contributed by atoms with Crippen molar-refractivity contribution in [3.05, 3.63) is 30.1 Å². The Balaban J connectivity index is 1.42. The number of hydroxylamine groups is 1. The van der Waals surface area contributed by atoms with E-state index >= 15 is 0 Å². The van der Waals surface area contributed by atoms with Crippen LogP contribution in [0.4, 0.5) is 14.9 Å². The van der Waals surface area contributed by atoms with Gasteiger partial charge in [-0.2, -0.15) is 17.0 Å². The smallest absolute Gasteiger partial charge is 0.306 e. The van der Waals surface area contributed by atoms with Crippen molar-refractivity contribution < 1.29 is 22.4 Å². The molecule has 0 spiro atoms. The van der Waals surface area contributed by atoms with Crippen LogP contribution in [0.1, 0.15) is 38.5 Å². The summed E-state index contributed by atoms with van der Waals surface area (Å²) in [6, 6.07) is 4.82. The van der Waals surface area contributed by atoms with Crippen LogP contribution in [0.5, 0.6) is 0 Å². The Labute approximate surface area is 165 Å². The van der Waals surface area contributed by atoms with Gasteiger partial charge in [0.2, 0.25) is 0 Å². The van der Waals surface area contributed by atoms with Gasteiger partial charge in [0.25, 0.3) is 10.2 Å². The summed E-state index contributed by atoms with van der Waals surface area (Å²) in [4.78, 5) is 17.2. The van der Waals surface area contributed by atoms with E-state index in [1.54, 1.807) is 4.31 Å². The molecular formula is C18H27FN4O4S. The maximum absolute atomic E-state index is 12.9. The fourth-order valence-corrected chi connectivity index (χ4v) is 5.16. The van der Waals surface area contributed by atoms with Crippen LogP contribution in [0.25, 0.3) is 0 Å². The summed E-state index contributed by atoms with van der Waals surface area (Å²) in [7, 11) is -3.43. The van der Waals surface area contributed by atoms with E-state index in [1.807, 2.05) is 0 Å².